The number of amides is 1. The number of benzene rings is 1. The number of rotatable bonds is 3. The molecular formula is C17H20N4O. The summed E-state index contributed by atoms with van der Waals surface area (Å²) >= 11 is 0. The third kappa shape index (κ3) is 3.08. The molecule has 114 valence electrons. The standard InChI is InChI=1S/C17H20N4O/c1-12-7-3-4-8-14(12)19-17-18-13(2)11-15(20-17)16(22)21-9-5-6-10-21/h3-4,7-8,11H,5-6,9-10H2,1-2H3,(H,18,19,20). The highest BCUT2D eigenvalue weighted by molar-refractivity contribution is 5.93. The van der Waals surface area contributed by atoms with E-state index in [4.69, 9.17) is 0 Å². The van der Waals surface area contributed by atoms with Crippen molar-refractivity contribution < 1.29 is 4.79 Å². The molecule has 1 aliphatic rings. The van der Waals surface area contributed by atoms with Gasteiger partial charge in [0.25, 0.3) is 5.91 Å². The molecule has 0 atom stereocenters. The summed E-state index contributed by atoms with van der Waals surface area (Å²) in [5, 5.41) is 3.21. The maximum Gasteiger partial charge on any atom is 0.272 e. The second-order valence-electron chi connectivity index (χ2n) is 5.66. The first kappa shape index (κ1) is 14.5. The van der Waals surface area contributed by atoms with Gasteiger partial charge in [0.05, 0.1) is 0 Å². The Kier molecular flexibility index (Phi) is 4.04. The summed E-state index contributed by atoms with van der Waals surface area (Å²) in [6, 6.07) is 9.70. The predicted molar refractivity (Wildman–Crippen MR) is 86.4 cm³/mol. The van der Waals surface area contributed by atoms with Gasteiger partial charge in [0.15, 0.2) is 0 Å². The van der Waals surface area contributed by atoms with Crippen molar-refractivity contribution in [1.82, 2.24) is 14.9 Å². The minimum atomic E-state index is -0.00386. The number of para-hydroxylation sites is 1. The van der Waals surface area contributed by atoms with Gasteiger partial charge in [0.2, 0.25) is 5.95 Å². The first-order valence-corrected chi connectivity index (χ1v) is 7.61. The highest BCUT2D eigenvalue weighted by Gasteiger charge is 2.21. The van der Waals surface area contributed by atoms with E-state index in [1.807, 2.05) is 43.0 Å². The largest absolute Gasteiger partial charge is 0.337 e. The lowest BCUT2D eigenvalue weighted by molar-refractivity contribution is 0.0787. The number of aromatic nitrogens is 2. The van der Waals surface area contributed by atoms with Gasteiger partial charge in [-0.1, -0.05) is 18.2 Å². The lowest BCUT2D eigenvalue weighted by Crippen LogP contribution is -2.28. The van der Waals surface area contributed by atoms with Gasteiger partial charge >= 0.3 is 0 Å². The number of carbonyl (C=O) groups excluding carboxylic acids is 1. The van der Waals surface area contributed by atoms with Crippen LogP contribution in [0.1, 0.15) is 34.6 Å². The van der Waals surface area contributed by atoms with Crippen LogP contribution >= 0.6 is 0 Å². The van der Waals surface area contributed by atoms with Gasteiger partial charge in [-0.25, -0.2) is 9.97 Å². The van der Waals surface area contributed by atoms with Crippen molar-refractivity contribution in [3.63, 3.8) is 0 Å². The minimum Gasteiger partial charge on any atom is -0.337 e. The summed E-state index contributed by atoms with van der Waals surface area (Å²) in [6.45, 7) is 5.55. The lowest BCUT2D eigenvalue weighted by Gasteiger charge is -2.15. The molecule has 0 spiro atoms. The molecule has 1 N–H and O–H groups in total. The van der Waals surface area contributed by atoms with Crippen molar-refractivity contribution in [2.45, 2.75) is 26.7 Å². The third-order valence-corrected chi connectivity index (χ3v) is 3.86. The number of hydrogen-bond donors (Lipinski definition) is 1. The minimum absolute atomic E-state index is 0.00386. The van der Waals surface area contributed by atoms with Crippen LogP contribution in [-0.4, -0.2) is 33.9 Å². The second-order valence-corrected chi connectivity index (χ2v) is 5.66. The van der Waals surface area contributed by atoms with E-state index in [0.717, 1.165) is 42.9 Å². The van der Waals surface area contributed by atoms with E-state index < -0.39 is 0 Å². The van der Waals surface area contributed by atoms with Crippen LogP contribution in [0.3, 0.4) is 0 Å². The maximum absolute atomic E-state index is 12.5. The van der Waals surface area contributed by atoms with E-state index in [1.54, 1.807) is 6.07 Å². The number of aryl methyl sites for hydroxylation is 2. The van der Waals surface area contributed by atoms with Crippen molar-refractivity contribution in [2.24, 2.45) is 0 Å². The number of anilines is 2. The molecule has 5 heteroatoms. The van der Waals surface area contributed by atoms with Gasteiger partial charge in [0.1, 0.15) is 5.69 Å². The van der Waals surface area contributed by atoms with Crippen LogP contribution in [0.2, 0.25) is 0 Å². The van der Waals surface area contributed by atoms with E-state index >= 15 is 0 Å². The van der Waals surface area contributed by atoms with Gasteiger partial charge in [0, 0.05) is 24.5 Å². The quantitative estimate of drug-likeness (QED) is 0.945. The Balaban J connectivity index is 1.86. The van der Waals surface area contributed by atoms with Crippen LogP contribution in [0, 0.1) is 13.8 Å². The highest BCUT2D eigenvalue weighted by Crippen LogP contribution is 2.19. The van der Waals surface area contributed by atoms with Crippen molar-refractivity contribution in [3.05, 3.63) is 47.3 Å². The normalized spacial score (nSPS) is 14.2. The Morgan fingerprint density at radius 1 is 1.14 bits per heavy atom. The van der Waals surface area contributed by atoms with Gasteiger partial charge in [-0.3, -0.25) is 4.79 Å². The molecule has 1 aromatic heterocycles. The number of nitrogens with one attached hydrogen (secondary N) is 1. The molecule has 5 nitrogen and oxygen atoms in total. The third-order valence-electron chi connectivity index (χ3n) is 3.86. The number of nitrogens with zero attached hydrogens (tertiary/aromatic N) is 3. The molecule has 1 fully saturated rings. The van der Waals surface area contributed by atoms with Crippen LogP contribution in [0.25, 0.3) is 0 Å². The van der Waals surface area contributed by atoms with Crippen molar-refractivity contribution in [2.75, 3.05) is 18.4 Å². The average Bonchev–Trinajstić information content (AvgIpc) is 3.02. The topological polar surface area (TPSA) is 58.1 Å². The fraction of sp³-hybridized carbons (Fsp3) is 0.353. The molecule has 2 aromatic rings. The highest BCUT2D eigenvalue weighted by atomic mass is 16.2. The van der Waals surface area contributed by atoms with Crippen molar-refractivity contribution >= 4 is 17.5 Å². The molecule has 1 saturated heterocycles. The smallest absolute Gasteiger partial charge is 0.272 e. The van der Waals surface area contributed by atoms with Crippen LogP contribution in [0.4, 0.5) is 11.6 Å². The predicted octanol–water partition coefficient (Wildman–Crippen LogP) is 3.07. The molecular weight excluding hydrogens is 276 g/mol. The number of hydrogen-bond acceptors (Lipinski definition) is 4. The van der Waals surface area contributed by atoms with E-state index in [1.165, 1.54) is 0 Å². The van der Waals surface area contributed by atoms with E-state index in [9.17, 15) is 4.79 Å². The zero-order chi connectivity index (χ0) is 15.5. The molecule has 1 aliphatic heterocycles. The van der Waals surface area contributed by atoms with E-state index in [2.05, 4.69) is 15.3 Å². The van der Waals surface area contributed by atoms with Gasteiger partial charge in [-0.2, -0.15) is 0 Å². The van der Waals surface area contributed by atoms with Crippen molar-refractivity contribution in [1.29, 1.82) is 0 Å². The monoisotopic (exact) mass is 296 g/mol. The summed E-state index contributed by atoms with van der Waals surface area (Å²) in [5.74, 6) is 0.465. The molecule has 0 saturated carbocycles. The van der Waals surface area contributed by atoms with Crippen molar-refractivity contribution in [3.8, 4) is 0 Å². The fourth-order valence-electron chi connectivity index (χ4n) is 2.65. The Labute approximate surface area is 130 Å². The van der Waals surface area contributed by atoms with Crippen LogP contribution in [0.15, 0.2) is 30.3 Å². The first-order valence-electron chi connectivity index (χ1n) is 7.61. The molecule has 2 heterocycles. The summed E-state index contributed by atoms with van der Waals surface area (Å²) in [5.41, 5.74) is 3.31. The zero-order valence-corrected chi connectivity index (χ0v) is 13.0. The van der Waals surface area contributed by atoms with Crippen LogP contribution < -0.4 is 5.32 Å². The maximum atomic E-state index is 12.5. The first-order chi connectivity index (χ1) is 10.6. The summed E-state index contributed by atoms with van der Waals surface area (Å²) in [4.78, 5) is 23.1. The summed E-state index contributed by atoms with van der Waals surface area (Å²) in [7, 11) is 0. The molecule has 0 bridgehead atoms. The van der Waals surface area contributed by atoms with E-state index in [0.29, 0.717) is 11.6 Å². The molecule has 0 unspecified atom stereocenters. The van der Waals surface area contributed by atoms with Gasteiger partial charge < -0.3 is 10.2 Å². The Morgan fingerprint density at radius 2 is 1.86 bits per heavy atom. The molecule has 1 aromatic carbocycles. The summed E-state index contributed by atoms with van der Waals surface area (Å²) < 4.78 is 0. The second kappa shape index (κ2) is 6.13. The molecule has 3 rings (SSSR count). The van der Waals surface area contributed by atoms with E-state index in [-0.39, 0.29) is 5.91 Å². The molecule has 1 amide bonds. The SMILES string of the molecule is Cc1cc(C(=O)N2CCCC2)nc(Nc2ccccc2C)n1. The number of carbonyl (C=O) groups is 1. The van der Waals surface area contributed by atoms with Gasteiger partial charge in [-0.15, -0.1) is 0 Å². The van der Waals surface area contributed by atoms with Crippen LogP contribution in [-0.2, 0) is 0 Å². The Morgan fingerprint density at radius 3 is 2.59 bits per heavy atom. The average molecular weight is 296 g/mol. The molecule has 0 radical (unpaired) electrons. The molecule has 0 aliphatic carbocycles. The van der Waals surface area contributed by atoms with Crippen LogP contribution in [0.5, 0.6) is 0 Å². The lowest BCUT2D eigenvalue weighted by atomic mass is 10.2. The Hall–Kier alpha value is -2.43. The number of likely N-dealkylation sites (tertiary alicyclic amines) is 1. The Bertz CT molecular complexity index is 693. The molecule has 22 heavy (non-hydrogen) atoms. The van der Waals surface area contributed by atoms with Gasteiger partial charge in [-0.05, 0) is 44.4 Å². The summed E-state index contributed by atoms with van der Waals surface area (Å²) in [6.07, 6.45) is 2.15. The zero-order valence-electron chi connectivity index (χ0n) is 13.0. The fourth-order valence-corrected chi connectivity index (χ4v) is 2.65.